The van der Waals surface area contributed by atoms with Crippen LogP contribution in [0.3, 0.4) is 0 Å². The van der Waals surface area contributed by atoms with Crippen LogP contribution >= 0.6 is 0 Å². The Hall–Kier alpha value is -4.39. The molecule has 0 spiro atoms. The summed E-state index contributed by atoms with van der Waals surface area (Å²) < 4.78 is 50.9. The second-order valence-electron chi connectivity index (χ2n) is 10.2. The van der Waals surface area contributed by atoms with E-state index in [1.807, 2.05) is 6.07 Å². The summed E-state index contributed by atoms with van der Waals surface area (Å²) in [4.78, 5) is 29.3. The summed E-state index contributed by atoms with van der Waals surface area (Å²) in [5, 5.41) is 11.6. The molecule has 0 saturated heterocycles. The van der Waals surface area contributed by atoms with Gasteiger partial charge in [-0.15, -0.1) is 0 Å². The zero-order valence-corrected chi connectivity index (χ0v) is 21.6. The topological polar surface area (TPSA) is 101 Å². The minimum Gasteiger partial charge on any atom is -0.457 e. The Morgan fingerprint density at radius 3 is 2.46 bits per heavy atom. The third kappa shape index (κ3) is 7.13. The molecule has 1 amide bonds. The Bertz CT molecular complexity index is 1460. The van der Waals surface area contributed by atoms with Crippen LogP contribution in [0.2, 0.25) is 0 Å². The monoisotopic (exact) mass is 537 g/mol. The molecule has 0 radical (unpaired) electrons. The van der Waals surface area contributed by atoms with Crippen LogP contribution in [-0.4, -0.2) is 22.5 Å². The zero-order valence-electron chi connectivity index (χ0n) is 21.6. The van der Waals surface area contributed by atoms with Crippen molar-refractivity contribution in [3.63, 3.8) is 0 Å². The van der Waals surface area contributed by atoms with Crippen LogP contribution in [0.25, 0.3) is 0 Å². The lowest BCUT2D eigenvalue weighted by Crippen LogP contribution is -2.28. The molecule has 202 valence electrons. The van der Waals surface area contributed by atoms with E-state index in [9.17, 15) is 22.8 Å². The number of nitrogens with zero attached hydrogens (tertiary/aromatic N) is 2. The van der Waals surface area contributed by atoms with E-state index in [0.717, 1.165) is 23.3 Å². The highest BCUT2D eigenvalue weighted by Gasteiger charge is 2.32. The van der Waals surface area contributed by atoms with Crippen molar-refractivity contribution in [2.75, 3.05) is 5.32 Å². The summed E-state index contributed by atoms with van der Waals surface area (Å²) in [5.74, 6) is -0.602. The number of fused-ring (bicyclic) bond motifs is 1. The molecular weight excluding hydrogens is 511 g/mol. The first-order chi connectivity index (χ1) is 18.3. The Kier molecular flexibility index (Phi) is 7.63. The highest BCUT2D eigenvalue weighted by atomic mass is 19.4. The van der Waals surface area contributed by atoms with E-state index in [2.05, 4.69) is 10.3 Å². The number of alkyl halides is 3. The number of esters is 1. The van der Waals surface area contributed by atoms with Crippen molar-refractivity contribution in [2.45, 2.75) is 51.8 Å². The summed E-state index contributed by atoms with van der Waals surface area (Å²) in [6, 6.07) is 13.1. The van der Waals surface area contributed by atoms with Crippen molar-refractivity contribution >= 4 is 17.6 Å². The van der Waals surface area contributed by atoms with Crippen LogP contribution in [-0.2, 0) is 28.5 Å². The van der Waals surface area contributed by atoms with Gasteiger partial charge in [-0.05, 0) is 87.6 Å². The van der Waals surface area contributed by atoms with Crippen molar-refractivity contribution in [2.24, 2.45) is 5.92 Å². The largest absolute Gasteiger partial charge is 0.457 e. The maximum absolute atomic E-state index is 13.2. The second-order valence-corrected chi connectivity index (χ2v) is 10.2. The van der Waals surface area contributed by atoms with Crippen molar-refractivity contribution in [1.82, 2.24) is 4.98 Å². The van der Waals surface area contributed by atoms with E-state index in [4.69, 9.17) is 14.7 Å². The number of carbonyl (C=O) groups is 2. The van der Waals surface area contributed by atoms with Crippen LogP contribution in [0.1, 0.15) is 59.9 Å². The van der Waals surface area contributed by atoms with Gasteiger partial charge in [0.2, 0.25) is 5.91 Å². The third-order valence-corrected chi connectivity index (χ3v) is 6.01. The van der Waals surface area contributed by atoms with Crippen LogP contribution in [0.5, 0.6) is 11.5 Å². The van der Waals surface area contributed by atoms with E-state index in [-0.39, 0.29) is 16.9 Å². The van der Waals surface area contributed by atoms with E-state index in [0.29, 0.717) is 30.8 Å². The molecule has 0 aliphatic heterocycles. The number of aromatic nitrogens is 1. The summed E-state index contributed by atoms with van der Waals surface area (Å²) >= 11 is 0. The lowest BCUT2D eigenvalue weighted by molar-refractivity contribution is -0.137. The van der Waals surface area contributed by atoms with E-state index < -0.39 is 35.1 Å². The average molecular weight is 538 g/mol. The fourth-order valence-corrected chi connectivity index (χ4v) is 4.25. The van der Waals surface area contributed by atoms with Gasteiger partial charge in [0, 0.05) is 23.9 Å². The third-order valence-electron chi connectivity index (χ3n) is 6.01. The van der Waals surface area contributed by atoms with Crippen LogP contribution < -0.4 is 10.1 Å². The molecular formula is C29H26F3N3O4. The maximum atomic E-state index is 13.2. The summed E-state index contributed by atoms with van der Waals surface area (Å²) in [6.07, 6.45) is -1.71. The molecule has 1 atom stereocenters. The molecule has 1 aromatic heterocycles. The van der Waals surface area contributed by atoms with E-state index in [1.165, 1.54) is 18.3 Å². The number of anilines is 1. The fraction of sp³-hybridized carbons (Fsp3) is 0.310. The summed E-state index contributed by atoms with van der Waals surface area (Å²) in [5.41, 5.74) is 0.0821. The van der Waals surface area contributed by atoms with Gasteiger partial charge >= 0.3 is 12.1 Å². The van der Waals surface area contributed by atoms with E-state index >= 15 is 0 Å². The molecule has 10 heteroatoms. The number of ether oxygens (including phenoxy) is 2. The number of rotatable bonds is 5. The predicted octanol–water partition coefficient (Wildman–Crippen LogP) is 6.46. The standard InChI is InChI=1S/C29H26F3N3O4/c1-28(2,3)39-27(37)25-15-24(8-9-34-25)38-23-7-6-18-4-5-19(12-20(18)13-23)26(36)35-22-11-17(16-33)10-21(14-22)29(30,31)32/h6-11,13-15,19H,4-5,12H2,1-3H3,(H,35,36). The first-order valence-corrected chi connectivity index (χ1v) is 12.2. The molecule has 7 nitrogen and oxygen atoms in total. The number of benzene rings is 2. The molecule has 2 aromatic carbocycles. The highest BCUT2D eigenvalue weighted by molar-refractivity contribution is 5.93. The van der Waals surface area contributed by atoms with Crippen LogP contribution in [0.4, 0.5) is 18.9 Å². The number of nitrogens with one attached hydrogen (secondary N) is 1. The van der Waals surface area contributed by atoms with Gasteiger partial charge in [-0.25, -0.2) is 9.78 Å². The molecule has 0 bridgehead atoms. The van der Waals surface area contributed by atoms with Crippen LogP contribution in [0, 0.1) is 17.2 Å². The minimum absolute atomic E-state index is 0.0762. The molecule has 1 aliphatic rings. The summed E-state index contributed by atoms with van der Waals surface area (Å²) in [6.45, 7) is 5.28. The van der Waals surface area contributed by atoms with Gasteiger partial charge < -0.3 is 14.8 Å². The average Bonchev–Trinajstić information content (AvgIpc) is 2.86. The van der Waals surface area contributed by atoms with Crippen molar-refractivity contribution in [3.8, 4) is 17.6 Å². The molecule has 3 aromatic rings. The Labute approximate surface area is 223 Å². The number of aryl methyl sites for hydroxylation is 1. The molecule has 0 fully saturated rings. The Morgan fingerprint density at radius 2 is 1.77 bits per heavy atom. The van der Waals surface area contributed by atoms with Gasteiger partial charge in [-0.2, -0.15) is 18.4 Å². The Morgan fingerprint density at radius 1 is 1.03 bits per heavy atom. The van der Waals surface area contributed by atoms with Gasteiger partial charge in [-0.3, -0.25) is 4.79 Å². The zero-order chi connectivity index (χ0) is 28.4. The minimum atomic E-state index is -4.64. The lowest BCUT2D eigenvalue weighted by atomic mass is 9.83. The number of amides is 1. The van der Waals surface area contributed by atoms with Gasteiger partial charge in [0.05, 0.1) is 17.2 Å². The number of halogens is 3. The Balaban J connectivity index is 1.47. The van der Waals surface area contributed by atoms with Gasteiger partial charge in [0.15, 0.2) is 5.69 Å². The number of hydrogen-bond donors (Lipinski definition) is 1. The van der Waals surface area contributed by atoms with Gasteiger partial charge in [0.1, 0.15) is 17.1 Å². The van der Waals surface area contributed by atoms with Gasteiger partial charge in [-0.1, -0.05) is 6.07 Å². The SMILES string of the molecule is CC(C)(C)OC(=O)c1cc(Oc2ccc3c(c2)CC(C(=O)Nc2cc(C#N)cc(C(F)(F)F)c2)CC3)ccn1. The molecule has 1 unspecified atom stereocenters. The number of pyridine rings is 1. The molecule has 1 N–H and O–H groups in total. The molecule has 39 heavy (non-hydrogen) atoms. The number of nitriles is 1. The lowest BCUT2D eigenvalue weighted by Gasteiger charge is -2.24. The first-order valence-electron chi connectivity index (χ1n) is 12.2. The summed E-state index contributed by atoms with van der Waals surface area (Å²) in [7, 11) is 0. The number of carbonyl (C=O) groups excluding carboxylic acids is 2. The molecule has 1 heterocycles. The highest BCUT2D eigenvalue weighted by Crippen LogP contribution is 2.34. The van der Waals surface area contributed by atoms with Crippen molar-refractivity contribution in [1.29, 1.82) is 5.26 Å². The second kappa shape index (κ2) is 10.8. The smallest absolute Gasteiger partial charge is 0.416 e. The number of hydrogen-bond acceptors (Lipinski definition) is 6. The molecule has 0 saturated carbocycles. The van der Waals surface area contributed by atoms with Crippen molar-refractivity contribution < 1.29 is 32.2 Å². The quantitative estimate of drug-likeness (QED) is 0.375. The fourth-order valence-electron chi connectivity index (χ4n) is 4.25. The molecule has 1 aliphatic carbocycles. The first kappa shape index (κ1) is 27.6. The normalized spacial score (nSPS) is 15.1. The van der Waals surface area contributed by atoms with Gasteiger partial charge in [0.25, 0.3) is 0 Å². The van der Waals surface area contributed by atoms with E-state index in [1.54, 1.807) is 45.0 Å². The van der Waals surface area contributed by atoms with Crippen molar-refractivity contribution in [3.05, 3.63) is 82.7 Å². The molecule has 4 rings (SSSR count). The van der Waals surface area contributed by atoms with Crippen LogP contribution in [0.15, 0.2) is 54.7 Å². The maximum Gasteiger partial charge on any atom is 0.416 e. The predicted molar refractivity (Wildman–Crippen MR) is 136 cm³/mol.